The molecule has 0 amide bonds. The van der Waals surface area contributed by atoms with Crippen LogP contribution >= 0.6 is 0 Å². The fourth-order valence-electron chi connectivity index (χ4n) is 4.46. The highest BCUT2D eigenvalue weighted by Gasteiger charge is 2.19. The van der Waals surface area contributed by atoms with Crippen LogP contribution in [0.3, 0.4) is 0 Å². The summed E-state index contributed by atoms with van der Waals surface area (Å²) in [6.07, 6.45) is 2.36. The van der Waals surface area contributed by atoms with Crippen LogP contribution in [0.1, 0.15) is 41.5 Å². The van der Waals surface area contributed by atoms with Crippen LogP contribution in [0.25, 0.3) is 21.8 Å². The largest absolute Gasteiger partial charge is 0.481 e. The van der Waals surface area contributed by atoms with Crippen molar-refractivity contribution in [2.75, 3.05) is 0 Å². The molecule has 0 atom stereocenters. The van der Waals surface area contributed by atoms with Gasteiger partial charge in [0.2, 0.25) is 0 Å². The molecule has 2 aromatic heterocycles. The second kappa shape index (κ2) is 16.1. The van der Waals surface area contributed by atoms with Crippen molar-refractivity contribution in [1.29, 1.82) is 0 Å². The first-order valence-corrected chi connectivity index (χ1v) is 14.7. The van der Waals surface area contributed by atoms with E-state index in [0.717, 1.165) is 16.1 Å². The minimum atomic E-state index is -0.833. The van der Waals surface area contributed by atoms with Crippen LogP contribution in [0.5, 0.6) is 11.5 Å². The lowest BCUT2D eigenvalue weighted by Crippen LogP contribution is -2.28. The van der Waals surface area contributed by atoms with Gasteiger partial charge in [0.25, 0.3) is 28.9 Å². The Labute approximate surface area is 282 Å². The molecule has 0 radical (unpaired) electrons. The maximum Gasteiger partial charge on any atom is 0.308 e. The first-order chi connectivity index (χ1) is 23.9. The highest BCUT2D eigenvalue weighted by Crippen LogP contribution is 2.20. The van der Waals surface area contributed by atoms with Crippen LogP contribution in [0, 0.1) is 0 Å². The monoisotopic (exact) mass is 676 g/mol. The normalized spacial score (nSPS) is 10.1. The molecule has 6 rings (SSSR count). The number of esters is 2. The predicted molar refractivity (Wildman–Crippen MR) is 180 cm³/mol. The Morgan fingerprint density at radius 2 is 0.860 bits per heavy atom. The molecule has 1 N–H and O–H groups in total. The number of carbonyl (C=O) groups is 5. The van der Waals surface area contributed by atoms with Crippen LogP contribution in [0.2, 0.25) is 0 Å². The van der Waals surface area contributed by atoms with Gasteiger partial charge in [-0.25, -0.2) is 19.1 Å². The van der Waals surface area contributed by atoms with Gasteiger partial charge in [-0.1, -0.05) is 48.5 Å². The molecule has 0 aliphatic heterocycles. The standard InChI is InChI=1S/2C17H12N2O4.C2H4O2/c2*1-11(20)23-15-9-5-3-7-13(15)17(22)19-10-18-14-8-4-2-6-12(14)16(19)21;1-2(3)4/h2*2-10H,1H3;1H3,(H,3,4). The van der Waals surface area contributed by atoms with Crippen LogP contribution in [0.15, 0.2) is 119 Å². The SMILES string of the molecule is CC(=O)O.CC(=O)Oc1ccccc1C(=O)n1cnc2ccccc2c1=O.CC(=O)Oc1ccccc1C(=O)n1cnc2ccccc2c1=O. The molecule has 4 aromatic carbocycles. The van der Waals surface area contributed by atoms with Gasteiger partial charge in [0.05, 0.1) is 32.9 Å². The van der Waals surface area contributed by atoms with E-state index in [1.807, 2.05) is 0 Å². The van der Waals surface area contributed by atoms with Crippen LogP contribution in [0.4, 0.5) is 0 Å². The summed E-state index contributed by atoms with van der Waals surface area (Å²) in [5, 5.41) is 8.10. The van der Waals surface area contributed by atoms with Crippen molar-refractivity contribution in [2.24, 2.45) is 0 Å². The molecule has 0 fully saturated rings. The number of aliphatic carboxylic acids is 1. The van der Waals surface area contributed by atoms with Gasteiger partial charge in [0.1, 0.15) is 24.2 Å². The summed E-state index contributed by atoms with van der Waals surface area (Å²) in [6.45, 7) is 3.57. The third-order valence-corrected chi connectivity index (χ3v) is 6.51. The fourth-order valence-corrected chi connectivity index (χ4v) is 4.46. The Hall–Kier alpha value is -7.09. The van der Waals surface area contributed by atoms with E-state index in [0.29, 0.717) is 21.8 Å². The van der Waals surface area contributed by atoms with Crippen molar-refractivity contribution < 1.29 is 38.6 Å². The molecule has 0 aliphatic rings. The molecule has 2 heterocycles. The zero-order chi connectivity index (χ0) is 36.4. The van der Waals surface area contributed by atoms with Gasteiger partial charge in [0.15, 0.2) is 0 Å². The average Bonchev–Trinajstić information content (AvgIpc) is 3.08. The molecule has 0 saturated heterocycles. The molecule has 6 aromatic rings. The van der Waals surface area contributed by atoms with E-state index in [1.165, 1.54) is 50.8 Å². The zero-order valence-corrected chi connectivity index (χ0v) is 26.8. The van der Waals surface area contributed by atoms with Gasteiger partial charge in [-0.15, -0.1) is 0 Å². The first kappa shape index (κ1) is 35.8. The quantitative estimate of drug-likeness (QED) is 0.208. The van der Waals surface area contributed by atoms with Gasteiger partial charge in [-0.2, -0.15) is 0 Å². The second-order valence-corrected chi connectivity index (χ2v) is 10.2. The molecule has 0 spiro atoms. The third kappa shape index (κ3) is 8.63. The smallest absolute Gasteiger partial charge is 0.308 e. The highest BCUT2D eigenvalue weighted by molar-refractivity contribution is 6.00. The number of aromatic nitrogens is 4. The number of rotatable bonds is 4. The molecular formula is C36H28N4O10. The fraction of sp³-hybridized carbons (Fsp3) is 0.0833. The van der Waals surface area contributed by atoms with Crippen molar-refractivity contribution in [3.8, 4) is 11.5 Å². The van der Waals surface area contributed by atoms with Gasteiger partial charge in [0, 0.05) is 20.8 Å². The Bertz CT molecular complexity index is 2220. The van der Waals surface area contributed by atoms with Crippen molar-refractivity contribution in [1.82, 2.24) is 19.1 Å². The predicted octanol–water partition coefficient (Wildman–Crippen LogP) is 4.11. The van der Waals surface area contributed by atoms with E-state index in [9.17, 15) is 28.8 Å². The summed E-state index contributed by atoms with van der Waals surface area (Å²) >= 11 is 0. The maximum atomic E-state index is 12.6. The number of ether oxygens (including phenoxy) is 2. The lowest BCUT2D eigenvalue weighted by atomic mass is 10.2. The Morgan fingerprint density at radius 1 is 0.540 bits per heavy atom. The molecule has 0 unspecified atom stereocenters. The summed E-state index contributed by atoms with van der Waals surface area (Å²) in [4.78, 5) is 89.8. The number of benzene rings is 4. The summed E-state index contributed by atoms with van der Waals surface area (Å²) in [5.41, 5.74) is 0.296. The molecule has 50 heavy (non-hydrogen) atoms. The van der Waals surface area contributed by atoms with Gasteiger partial charge >= 0.3 is 11.9 Å². The topological polar surface area (TPSA) is 194 Å². The molecular weight excluding hydrogens is 648 g/mol. The highest BCUT2D eigenvalue weighted by atomic mass is 16.5. The Balaban J connectivity index is 0.000000203. The third-order valence-electron chi connectivity index (χ3n) is 6.51. The number of nitrogens with zero attached hydrogens (tertiary/aromatic N) is 4. The van der Waals surface area contributed by atoms with Gasteiger partial charge in [-0.3, -0.25) is 33.6 Å². The zero-order valence-electron chi connectivity index (χ0n) is 26.8. The summed E-state index contributed by atoms with van der Waals surface area (Å²) < 4.78 is 11.9. The number of carboxylic acids is 1. The Kier molecular flexibility index (Phi) is 11.5. The maximum absolute atomic E-state index is 12.6. The van der Waals surface area contributed by atoms with E-state index < -0.39 is 40.8 Å². The van der Waals surface area contributed by atoms with Crippen LogP contribution < -0.4 is 20.6 Å². The van der Waals surface area contributed by atoms with E-state index >= 15 is 0 Å². The number of carboxylic acid groups (broad SMARTS) is 1. The molecule has 14 nitrogen and oxygen atoms in total. The summed E-state index contributed by atoms with van der Waals surface area (Å²) in [7, 11) is 0. The van der Waals surface area contributed by atoms with Crippen molar-refractivity contribution in [3.63, 3.8) is 0 Å². The Morgan fingerprint density at radius 3 is 1.22 bits per heavy atom. The van der Waals surface area contributed by atoms with E-state index in [4.69, 9.17) is 19.4 Å². The number of para-hydroxylation sites is 4. The molecule has 0 aliphatic carbocycles. The molecule has 0 bridgehead atoms. The van der Waals surface area contributed by atoms with Gasteiger partial charge < -0.3 is 14.6 Å². The minimum absolute atomic E-state index is 0.102. The van der Waals surface area contributed by atoms with E-state index in [1.54, 1.807) is 72.8 Å². The summed E-state index contributed by atoms with van der Waals surface area (Å²) in [6, 6.07) is 26.0. The van der Waals surface area contributed by atoms with Crippen molar-refractivity contribution in [3.05, 3.63) is 142 Å². The number of fused-ring (bicyclic) bond motifs is 2. The minimum Gasteiger partial charge on any atom is -0.481 e. The number of hydrogen-bond donors (Lipinski definition) is 1. The van der Waals surface area contributed by atoms with Gasteiger partial charge in [-0.05, 0) is 48.5 Å². The van der Waals surface area contributed by atoms with Crippen LogP contribution in [-0.2, 0) is 14.4 Å². The first-order valence-electron chi connectivity index (χ1n) is 14.7. The number of hydrogen-bond acceptors (Lipinski definition) is 11. The summed E-state index contributed by atoms with van der Waals surface area (Å²) in [5.74, 6) is -2.94. The van der Waals surface area contributed by atoms with Crippen LogP contribution in [-0.4, -0.2) is 53.9 Å². The molecule has 0 saturated carbocycles. The lowest BCUT2D eigenvalue weighted by Gasteiger charge is -2.09. The van der Waals surface area contributed by atoms with E-state index in [2.05, 4.69) is 9.97 Å². The second-order valence-electron chi connectivity index (χ2n) is 10.2. The number of carbonyl (C=O) groups excluding carboxylic acids is 4. The van der Waals surface area contributed by atoms with Crippen molar-refractivity contribution >= 4 is 51.5 Å². The molecule has 14 heteroatoms. The average molecular weight is 677 g/mol. The molecule has 252 valence electrons. The van der Waals surface area contributed by atoms with Crippen molar-refractivity contribution in [2.45, 2.75) is 20.8 Å². The van der Waals surface area contributed by atoms with E-state index in [-0.39, 0.29) is 22.6 Å². The lowest BCUT2D eigenvalue weighted by molar-refractivity contribution is -0.134.